The van der Waals surface area contributed by atoms with E-state index in [4.69, 9.17) is 0 Å². The maximum absolute atomic E-state index is 12.2. The molecule has 1 unspecified atom stereocenters. The Morgan fingerprint density at radius 1 is 1.20 bits per heavy atom. The molecule has 0 bridgehead atoms. The summed E-state index contributed by atoms with van der Waals surface area (Å²) in [5.41, 5.74) is -1.06. The van der Waals surface area contributed by atoms with Gasteiger partial charge in [-0.3, -0.25) is 4.90 Å². The summed E-state index contributed by atoms with van der Waals surface area (Å²) in [7, 11) is 0. The van der Waals surface area contributed by atoms with Crippen molar-refractivity contribution in [2.45, 2.75) is 51.9 Å². The van der Waals surface area contributed by atoms with E-state index in [1.54, 1.807) is 27.7 Å². The number of aliphatic hydroxyl groups is 1. The van der Waals surface area contributed by atoms with Gasteiger partial charge in [0.25, 0.3) is 0 Å². The van der Waals surface area contributed by atoms with Crippen molar-refractivity contribution in [1.29, 1.82) is 0 Å². The van der Waals surface area contributed by atoms with Gasteiger partial charge in [-0.1, -0.05) is 6.92 Å². The van der Waals surface area contributed by atoms with Crippen LogP contribution in [-0.4, -0.2) is 40.9 Å². The van der Waals surface area contributed by atoms with Crippen LogP contribution in [0.1, 0.15) is 34.1 Å². The van der Waals surface area contributed by atoms with E-state index < -0.39 is 18.3 Å². The summed E-state index contributed by atoms with van der Waals surface area (Å²) < 4.78 is 36.7. The molecule has 0 amide bonds. The van der Waals surface area contributed by atoms with Crippen molar-refractivity contribution in [2.24, 2.45) is 0 Å². The molecule has 0 rings (SSSR count). The fraction of sp³-hybridized carbons (Fsp3) is 1.00. The molecule has 0 aromatic carbocycles. The fourth-order valence-corrected chi connectivity index (χ4v) is 1.20. The molecule has 0 aromatic rings. The molecule has 0 aliphatic rings. The first-order valence-electron chi connectivity index (χ1n) is 5.10. The number of hydrogen-bond donors (Lipinski definition) is 1. The van der Waals surface area contributed by atoms with Gasteiger partial charge in [0.1, 0.15) is 0 Å². The molecule has 1 N–H and O–H groups in total. The molecule has 0 aromatic heterocycles. The summed E-state index contributed by atoms with van der Waals surface area (Å²) >= 11 is 0. The molecule has 0 saturated carbocycles. The number of rotatable bonds is 5. The van der Waals surface area contributed by atoms with Gasteiger partial charge in [-0.2, -0.15) is 13.2 Å². The van der Waals surface area contributed by atoms with Crippen LogP contribution in [0.3, 0.4) is 0 Å². The third-order valence-electron chi connectivity index (χ3n) is 2.42. The zero-order chi connectivity index (χ0) is 12.3. The van der Waals surface area contributed by atoms with Gasteiger partial charge in [0.15, 0.2) is 0 Å². The SMILES string of the molecule is CCC(C)(O)CN(CC(F)(F)F)C(C)C. The predicted octanol–water partition coefficient (Wildman–Crippen LogP) is 2.42. The summed E-state index contributed by atoms with van der Waals surface area (Å²) in [5.74, 6) is 0. The van der Waals surface area contributed by atoms with E-state index in [2.05, 4.69) is 0 Å². The largest absolute Gasteiger partial charge is 0.401 e. The highest BCUT2D eigenvalue weighted by Crippen LogP contribution is 2.20. The van der Waals surface area contributed by atoms with Crippen molar-refractivity contribution in [1.82, 2.24) is 4.90 Å². The summed E-state index contributed by atoms with van der Waals surface area (Å²) in [6.07, 6.45) is -3.78. The Balaban J connectivity index is 4.42. The smallest absolute Gasteiger partial charge is 0.389 e. The van der Waals surface area contributed by atoms with Crippen LogP contribution in [0.2, 0.25) is 0 Å². The van der Waals surface area contributed by atoms with E-state index in [9.17, 15) is 18.3 Å². The Morgan fingerprint density at radius 2 is 1.67 bits per heavy atom. The first-order valence-corrected chi connectivity index (χ1v) is 5.10. The van der Waals surface area contributed by atoms with Crippen LogP contribution in [-0.2, 0) is 0 Å². The van der Waals surface area contributed by atoms with Crippen LogP contribution in [0.5, 0.6) is 0 Å². The Hall–Kier alpha value is -0.290. The minimum Gasteiger partial charge on any atom is -0.389 e. The Kier molecular flexibility index (Phi) is 5.06. The first-order chi connectivity index (χ1) is 6.57. The maximum Gasteiger partial charge on any atom is 0.401 e. The van der Waals surface area contributed by atoms with E-state index in [0.29, 0.717) is 6.42 Å². The molecule has 0 spiro atoms. The number of alkyl halides is 3. The van der Waals surface area contributed by atoms with E-state index in [1.807, 2.05) is 0 Å². The number of halogens is 3. The van der Waals surface area contributed by atoms with E-state index >= 15 is 0 Å². The van der Waals surface area contributed by atoms with Gasteiger partial charge in [-0.15, -0.1) is 0 Å². The highest BCUT2D eigenvalue weighted by Gasteiger charge is 2.34. The first kappa shape index (κ1) is 14.7. The normalized spacial score (nSPS) is 17.2. The molecule has 0 fully saturated rings. The fourth-order valence-electron chi connectivity index (χ4n) is 1.20. The molecular formula is C10H20F3NO. The molecule has 0 aliphatic heterocycles. The van der Waals surface area contributed by atoms with Crippen molar-refractivity contribution < 1.29 is 18.3 Å². The number of hydrogen-bond acceptors (Lipinski definition) is 2. The van der Waals surface area contributed by atoms with Crippen LogP contribution in [0.25, 0.3) is 0 Å². The molecular weight excluding hydrogens is 207 g/mol. The molecule has 0 saturated heterocycles. The lowest BCUT2D eigenvalue weighted by Gasteiger charge is -2.34. The third kappa shape index (κ3) is 6.73. The van der Waals surface area contributed by atoms with Crippen LogP contribution in [0.15, 0.2) is 0 Å². The lowest BCUT2D eigenvalue weighted by molar-refractivity contribution is -0.156. The second-order valence-electron chi connectivity index (χ2n) is 4.46. The van der Waals surface area contributed by atoms with Gasteiger partial charge in [0, 0.05) is 12.6 Å². The lowest BCUT2D eigenvalue weighted by Crippen LogP contribution is -2.47. The molecule has 0 aliphatic carbocycles. The maximum atomic E-state index is 12.2. The summed E-state index contributed by atoms with van der Waals surface area (Å²) in [5, 5.41) is 9.73. The average Bonchev–Trinajstić information content (AvgIpc) is 2.00. The number of nitrogens with zero attached hydrogens (tertiary/aromatic N) is 1. The zero-order valence-corrected chi connectivity index (χ0v) is 9.73. The standard InChI is InChI=1S/C10H20F3NO/c1-5-9(4,15)6-14(8(2)3)7-10(11,12)13/h8,15H,5-7H2,1-4H3. The monoisotopic (exact) mass is 227 g/mol. The van der Waals surface area contributed by atoms with Crippen molar-refractivity contribution in [2.75, 3.05) is 13.1 Å². The molecule has 0 heterocycles. The van der Waals surface area contributed by atoms with Gasteiger partial charge in [0.2, 0.25) is 0 Å². The quantitative estimate of drug-likeness (QED) is 0.779. The molecule has 0 radical (unpaired) electrons. The highest BCUT2D eigenvalue weighted by atomic mass is 19.4. The molecule has 15 heavy (non-hydrogen) atoms. The summed E-state index contributed by atoms with van der Waals surface area (Å²) in [6, 6.07) is -0.232. The van der Waals surface area contributed by atoms with Crippen molar-refractivity contribution >= 4 is 0 Å². The van der Waals surface area contributed by atoms with E-state index in [1.165, 1.54) is 4.90 Å². The molecule has 1 atom stereocenters. The van der Waals surface area contributed by atoms with Gasteiger partial charge in [-0.25, -0.2) is 0 Å². The summed E-state index contributed by atoms with van der Waals surface area (Å²) in [6.45, 7) is 5.77. The Morgan fingerprint density at radius 3 is 1.93 bits per heavy atom. The van der Waals surface area contributed by atoms with Gasteiger partial charge < -0.3 is 5.11 Å². The minimum absolute atomic E-state index is 0.0423. The summed E-state index contributed by atoms with van der Waals surface area (Å²) in [4.78, 5) is 1.24. The van der Waals surface area contributed by atoms with Gasteiger partial charge >= 0.3 is 6.18 Å². The van der Waals surface area contributed by atoms with Crippen molar-refractivity contribution in [3.63, 3.8) is 0 Å². The van der Waals surface area contributed by atoms with Gasteiger partial charge in [-0.05, 0) is 27.2 Å². The third-order valence-corrected chi connectivity index (χ3v) is 2.42. The van der Waals surface area contributed by atoms with E-state index in [-0.39, 0.29) is 12.6 Å². The highest BCUT2D eigenvalue weighted by molar-refractivity contribution is 4.79. The second kappa shape index (κ2) is 5.16. The molecule has 2 nitrogen and oxygen atoms in total. The lowest BCUT2D eigenvalue weighted by atomic mass is 10.0. The zero-order valence-electron chi connectivity index (χ0n) is 9.73. The Bertz CT molecular complexity index is 190. The van der Waals surface area contributed by atoms with Crippen LogP contribution >= 0.6 is 0 Å². The second-order valence-corrected chi connectivity index (χ2v) is 4.46. The van der Waals surface area contributed by atoms with E-state index in [0.717, 1.165) is 0 Å². The average molecular weight is 227 g/mol. The van der Waals surface area contributed by atoms with Gasteiger partial charge in [0.05, 0.1) is 12.1 Å². The van der Waals surface area contributed by atoms with Crippen molar-refractivity contribution in [3.8, 4) is 0 Å². The van der Waals surface area contributed by atoms with Crippen LogP contribution < -0.4 is 0 Å². The van der Waals surface area contributed by atoms with Crippen LogP contribution in [0.4, 0.5) is 13.2 Å². The molecule has 5 heteroatoms. The predicted molar refractivity (Wildman–Crippen MR) is 53.7 cm³/mol. The minimum atomic E-state index is -4.21. The van der Waals surface area contributed by atoms with Crippen molar-refractivity contribution in [3.05, 3.63) is 0 Å². The Labute approximate surface area is 89.1 Å². The van der Waals surface area contributed by atoms with Crippen LogP contribution in [0, 0.1) is 0 Å². The molecule has 92 valence electrons. The topological polar surface area (TPSA) is 23.5 Å².